The molecule has 0 aliphatic heterocycles. The number of methoxy groups -OCH3 is 2. The SMILES string of the molecule is CC(=O)Nc1cc(F)c([N+](=O)[O-])cc1F.COc1ccccc1O.COc1ccccc1Oc1cc(NC(C)=O)c(F)cc1[N+](=O)[O-]. The molecule has 0 unspecified atom stereocenters. The van der Waals surface area contributed by atoms with Crippen LogP contribution in [0.3, 0.4) is 0 Å². The van der Waals surface area contributed by atoms with Gasteiger partial charge in [0.1, 0.15) is 0 Å². The van der Waals surface area contributed by atoms with Gasteiger partial charge in [-0.2, -0.15) is 4.39 Å². The molecule has 4 rings (SSSR count). The van der Waals surface area contributed by atoms with Crippen molar-refractivity contribution < 1.29 is 51.9 Å². The lowest BCUT2D eigenvalue weighted by Gasteiger charge is -2.12. The lowest BCUT2D eigenvalue weighted by atomic mass is 10.2. The van der Waals surface area contributed by atoms with Crippen molar-refractivity contribution in [2.45, 2.75) is 13.8 Å². The molecular weight excluding hydrogens is 633 g/mol. The molecule has 0 aromatic heterocycles. The highest BCUT2D eigenvalue weighted by Gasteiger charge is 2.22. The molecule has 2 amide bonds. The van der Waals surface area contributed by atoms with E-state index in [4.69, 9.17) is 19.3 Å². The van der Waals surface area contributed by atoms with Gasteiger partial charge in [-0.1, -0.05) is 24.3 Å². The Labute approximate surface area is 264 Å². The minimum absolute atomic E-state index is 0.181. The average Bonchev–Trinajstić information content (AvgIpc) is 3.00. The summed E-state index contributed by atoms with van der Waals surface area (Å²) in [5.74, 6) is -3.25. The first-order valence-electron chi connectivity index (χ1n) is 13.0. The molecule has 4 aromatic rings. The number of benzene rings is 4. The summed E-state index contributed by atoms with van der Waals surface area (Å²) in [5.41, 5.74) is -2.18. The van der Waals surface area contributed by atoms with E-state index in [9.17, 15) is 43.0 Å². The zero-order valence-corrected chi connectivity index (χ0v) is 25.1. The number of nitrogens with one attached hydrogen (secondary N) is 2. The molecule has 248 valence electrons. The van der Waals surface area contributed by atoms with E-state index in [1.54, 1.807) is 48.5 Å². The van der Waals surface area contributed by atoms with E-state index in [0.29, 0.717) is 29.7 Å². The van der Waals surface area contributed by atoms with Crippen LogP contribution in [0.25, 0.3) is 0 Å². The standard InChI is InChI=1S/C15H13FN2O5.C8H6F2N2O3.C7H8O2/c1-9(19)17-11-8-15(12(18(20)21)7-10(11)16)23-14-6-4-3-5-13(14)22-2;1-4(13)11-7-2-6(10)8(12(14)15)3-5(7)9;1-9-7-5-3-2-4-6(7)8/h3-8H,1-2H3,(H,17,19);2-3H,1H3,(H,11,13);2-5,8H,1H3. The Bertz CT molecular complexity index is 1770. The van der Waals surface area contributed by atoms with E-state index < -0.39 is 56.2 Å². The van der Waals surface area contributed by atoms with Gasteiger partial charge in [-0.05, 0) is 24.3 Å². The smallest absolute Gasteiger partial charge is 0.314 e. The number of carbonyl (C=O) groups is 2. The van der Waals surface area contributed by atoms with Gasteiger partial charge in [0.05, 0.1) is 47.6 Å². The topological polar surface area (TPSA) is 192 Å². The number of hydrogen-bond donors (Lipinski definition) is 3. The fourth-order valence-corrected chi connectivity index (χ4v) is 3.47. The van der Waals surface area contributed by atoms with Gasteiger partial charge in [-0.25, -0.2) is 8.78 Å². The summed E-state index contributed by atoms with van der Waals surface area (Å²) >= 11 is 0. The van der Waals surface area contributed by atoms with Crippen molar-refractivity contribution in [1.82, 2.24) is 0 Å². The normalized spacial score (nSPS) is 9.77. The van der Waals surface area contributed by atoms with Crippen LogP contribution < -0.4 is 24.8 Å². The molecule has 0 saturated heterocycles. The molecule has 47 heavy (non-hydrogen) atoms. The highest BCUT2D eigenvalue weighted by atomic mass is 19.1. The number of rotatable bonds is 8. The first-order valence-corrected chi connectivity index (χ1v) is 13.0. The maximum Gasteiger partial charge on any atom is 0.314 e. The molecule has 0 atom stereocenters. The first kappa shape index (κ1) is 36.8. The second-order valence-corrected chi connectivity index (χ2v) is 8.88. The van der Waals surface area contributed by atoms with Crippen molar-refractivity contribution in [3.05, 3.63) is 110 Å². The lowest BCUT2D eigenvalue weighted by Crippen LogP contribution is -2.08. The zero-order valence-electron chi connectivity index (χ0n) is 25.1. The molecule has 0 aliphatic rings. The van der Waals surface area contributed by atoms with Gasteiger partial charge >= 0.3 is 11.4 Å². The van der Waals surface area contributed by atoms with Gasteiger partial charge in [0.2, 0.25) is 23.4 Å². The van der Waals surface area contributed by atoms with Crippen LogP contribution in [0.15, 0.2) is 72.8 Å². The largest absolute Gasteiger partial charge is 0.504 e. The maximum atomic E-state index is 13.8. The van der Waals surface area contributed by atoms with Gasteiger partial charge in [0, 0.05) is 26.0 Å². The third kappa shape index (κ3) is 10.9. The molecule has 0 radical (unpaired) electrons. The van der Waals surface area contributed by atoms with E-state index in [-0.39, 0.29) is 22.9 Å². The molecule has 4 aromatic carbocycles. The van der Waals surface area contributed by atoms with E-state index in [2.05, 4.69) is 5.32 Å². The predicted octanol–water partition coefficient (Wildman–Crippen LogP) is 6.73. The number of aromatic hydroxyl groups is 1. The summed E-state index contributed by atoms with van der Waals surface area (Å²) in [6.45, 7) is 2.31. The molecule has 0 saturated carbocycles. The quantitative estimate of drug-likeness (QED) is 0.135. The Balaban J connectivity index is 0.000000273. The van der Waals surface area contributed by atoms with Crippen molar-refractivity contribution in [2.24, 2.45) is 0 Å². The van der Waals surface area contributed by atoms with E-state index in [1.807, 2.05) is 5.32 Å². The highest BCUT2D eigenvalue weighted by molar-refractivity contribution is 5.89. The number of amides is 2. The Morgan fingerprint density at radius 1 is 0.660 bits per heavy atom. The number of ether oxygens (including phenoxy) is 3. The van der Waals surface area contributed by atoms with Crippen LogP contribution in [-0.2, 0) is 9.59 Å². The average molecular weight is 661 g/mol. The third-order valence-corrected chi connectivity index (χ3v) is 5.47. The van der Waals surface area contributed by atoms with Crippen LogP contribution in [0, 0.1) is 37.7 Å². The summed E-state index contributed by atoms with van der Waals surface area (Å²) in [6, 6.07) is 16.1. The summed E-state index contributed by atoms with van der Waals surface area (Å²) in [7, 11) is 2.94. The van der Waals surface area contributed by atoms with Gasteiger partial charge in [-0.15, -0.1) is 0 Å². The number of nitrogens with zero attached hydrogens (tertiary/aromatic N) is 2. The summed E-state index contributed by atoms with van der Waals surface area (Å²) in [6.07, 6.45) is 0. The maximum absolute atomic E-state index is 13.8. The van der Waals surface area contributed by atoms with Crippen LogP contribution in [0.4, 0.5) is 35.9 Å². The monoisotopic (exact) mass is 660 g/mol. The second-order valence-electron chi connectivity index (χ2n) is 8.88. The van der Waals surface area contributed by atoms with Crippen molar-refractivity contribution >= 4 is 34.6 Å². The van der Waals surface area contributed by atoms with Crippen molar-refractivity contribution in [2.75, 3.05) is 24.9 Å². The number of phenolic OH excluding ortho intramolecular Hbond substituents is 1. The lowest BCUT2D eigenvalue weighted by molar-refractivity contribution is -0.387. The van der Waals surface area contributed by atoms with Crippen molar-refractivity contribution in [1.29, 1.82) is 0 Å². The summed E-state index contributed by atoms with van der Waals surface area (Å²) in [5, 5.41) is 34.5. The molecule has 0 spiro atoms. The van der Waals surface area contributed by atoms with Gasteiger partial charge < -0.3 is 30.0 Å². The molecular formula is C30H27F3N4O10. The van der Waals surface area contributed by atoms with Crippen LogP contribution in [0.5, 0.6) is 28.7 Å². The number of carbonyl (C=O) groups excluding carboxylic acids is 2. The molecule has 0 heterocycles. The number of anilines is 2. The molecule has 0 fully saturated rings. The van der Waals surface area contributed by atoms with Crippen molar-refractivity contribution in [3.8, 4) is 28.7 Å². The summed E-state index contributed by atoms with van der Waals surface area (Å²) < 4.78 is 55.3. The Hall–Kier alpha value is -6.39. The number of para-hydroxylation sites is 4. The molecule has 3 N–H and O–H groups in total. The highest BCUT2D eigenvalue weighted by Crippen LogP contribution is 2.38. The number of nitro benzene ring substituents is 2. The predicted molar refractivity (Wildman–Crippen MR) is 162 cm³/mol. The Morgan fingerprint density at radius 2 is 1.11 bits per heavy atom. The van der Waals surface area contributed by atoms with E-state index in [1.165, 1.54) is 21.1 Å². The minimum atomic E-state index is -1.20. The Morgan fingerprint density at radius 3 is 1.55 bits per heavy atom. The number of halogens is 3. The van der Waals surface area contributed by atoms with Gasteiger partial charge in [-0.3, -0.25) is 29.8 Å². The first-order chi connectivity index (χ1) is 22.2. The molecule has 14 nitrogen and oxygen atoms in total. The number of nitro groups is 2. The van der Waals surface area contributed by atoms with Crippen LogP contribution in [-0.4, -0.2) is 41.0 Å². The fourth-order valence-electron chi connectivity index (χ4n) is 3.47. The third-order valence-electron chi connectivity index (χ3n) is 5.47. The fraction of sp³-hybridized carbons (Fsp3) is 0.133. The number of hydrogen-bond acceptors (Lipinski definition) is 10. The van der Waals surface area contributed by atoms with Gasteiger partial charge in [0.25, 0.3) is 0 Å². The zero-order chi connectivity index (χ0) is 35.3. The van der Waals surface area contributed by atoms with Gasteiger partial charge in [0.15, 0.2) is 34.6 Å². The molecule has 17 heteroatoms. The summed E-state index contributed by atoms with van der Waals surface area (Å²) in [4.78, 5) is 41.1. The van der Waals surface area contributed by atoms with E-state index in [0.717, 1.165) is 13.0 Å². The Kier molecular flexibility index (Phi) is 13.5. The second kappa shape index (κ2) is 17.2. The molecule has 0 aliphatic carbocycles. The van der Waals surface area contributed by atoms with Crippen LogP contribution in [0.1, 0.15) is 13.8 Å². The van der Waals surface area contributed by atoms with Crippen LogP contribution >= 0.6 is 0 Å². The van der Waals surface area contributed by atoms with Crippen molar-refractivity contribution in [3.63, 3.8) is 0 Å². The molecule has 0 bridgehead atoms. The van der Waals surface area contributed by atoms with E-state index >= 15 is 0 Å². The minimum Gasteiger partial charge on any atom is -0.504 e. The van der Waals surface area contributed by atoms with Crippen LogP contribution in [0.2, 0.25) is 0 Å². The number of phenols is 1.